The number of rotatable bonds is 19. The molecule has 27 heavy (non-hydrogen) atoms. The van der Waals surface area contributed by atoms with Crippen LogP contribution in [0.4, 0.5) is 0 Å². The molecular formula is C22H40O5. The molecule has 1 aliphatic rings. The highest BCUT2D eigenvalue weighted by atomic mass is 16.9. The van der Waals surface area contributed by atoms with Crippen LogP contribution in [0.3, 0.4) is 0 Å². The first kappa shape index (κ1) is 24.1. The van der Waals surface area contributed by atoms with Gasteiger partial charge < -0.3 is 19.3 Å². The van der Waals surface area contributed by atoms with Crippen molar-refractivity contribution in [2.24, 2.45) is 0 Å². The van der Waals surface area contributed by atoms with Crippen LogP contribution < -0.4 is 0 Å². The molecule has 0 aliphatic carbocycles. The highest BCUT2D eigenvalue weighted by Gasteiger charge is 2.51. The summed E-state index contributed by atoms with van der Waals surface area (Å²) in [5, 5.41) is 8.72. The van der Waals surface area contributed by atoms with E-state index >= 15 is 0 Å². The van der Waals surface area contributed by atoms with Crippen LogP contribution in [0.15, 0.2) is 12.2 Å². The van der Waals surface area contributed by atoms with Crippen LogP contribution in [0.2, 0.25) is 0 Å². The van der Waals surface area contributed by atoms with E-state index in [1.807, 2.05) is 0 Å². The Morgan fingerprint density at radius 3 is 2.07 bits per heavy atom. The molecule has 1 atom stereocenters. The molecule has 0 aromatic heterocycles. The largest absolute Gasteiger partial charge is 0.406 e. The number of hydrogen-bond donors (Lipinski definition) is 1. The standard InChI is InChI=1S/C22H40O5/c1-2-3-4-5-6-7-8-9-10-11-12-13-14-15-16-17-21(24)27-22(20-26-22)25-19-18-23/h9-10,23H,2-8,11-20H2,1H3/b10-9-. The fourth-order valence-electron chi connectivity index (χ4n) is 3.00. The smallest absolute Gasteiger partial charge is 0.354 e. The number of aliphatic hydroxyl groups excluding tert-OH is 1. The van der Waals surface area contributed by atoms with E-state index in [0.29, 0.717) is 6.42 Å². The molecule has 0 aromatic carbocycles. The summed E-state index contributed by atoms with van der Waals surface area (Å²) >= 11 is 0. The summed E-state index contributed by atoms with van der Waals surface area (Å²) < 4.78 is 15.3. The number of hydrogen-bond acceptors (Lipinski definition) is 5. The second-order valence-corrected chi connectivity index (χ2v) is 7.35. The van der Waals surface area contributed by atoms with Crippen LogP contribution in [0.25, 0.3) is 0 Å². The van der Waals surface area contributed by atoms with Gasteiger partial charge in [-0.3, -0.25) is 4.79 Å². The van der Waals surface area contributed by atoms with Crippen molar-refractivity contribution in [1.82, 2.24) is 0 Å². The molecule has 1 N–H and O–H groups in total. The zero-order valence-electron chi connectivity index (χ0n) is 17.3. The maximum absolute atomic E-state index is 11.7. The number of carbonyl (C=O) groups excluding carboxylic acids is 1. The second-order valence-electron chi connectivity index (χ2n) is 7.35. The van der Waals surface area contributed by atoms with Gasteiger partial charge in [-0.2, -0.15) is 0 Å². The molecule has 5 nitrogen and oxygen atoms in total. The van der Waals surface area contributed by atoms with Gasteiger partial charge in [0, 0.05) is 6.42 Å². The molecule has 1 saturated heterocycles. The van der Waals surface area contributed by atoms with Crippen LogP contribution in [0.1, 0.15) is 96.8 Å². The van der Waals surface area contributed by atoms with Crippen LogP contribution in [-0.4, -0.2) is 36.9 Å². The number of ether oxygens (including phenoxy) is 3. The minimum atomic E-state index is -1.21. The number of epoxide rings is 1. The van der Waals surface area contributed by atoms with Crippen molar-refractivity contribution >= 4 is 5.97 Å². The molecule has 1 aliphatic heterocycles. The lowest BCUT2D eigenvalue weighted by Crippen LogP contribution is -2.26. The van der Waals surface area contributed by atoms with Crippen molar-refractivity contribution in [3.63, 3.8) is 0 Å². The van der Waals surface area contributed by atoms with Crippen molar-refractivity contribution in [1.29, 1.82) is 0 Å². The summed E-state index contributed by atoms with van der Waals surface area (Å²) in [7, 11) is 0. The van der Waals surface area contributed by atoms with Crippen LogP contribution in [0.5, 0.6) is 0 Å². The maximum Gasteiger partial charge on any atom is 0.354 e. The van der Waals surface area contributed by atoms with E-state index in [-0.39, 0.29) is 25.8 Å². The van der Waals surface area contributed by atoms with E-state index in [4.69, 9.17) is 19.3 Å². The van der Waals surface area contributed by atoms with Gasteiger partial charge in [0.25, 0.3) is 0 Å². The van der Waals surface area contributed by atoms with Gasteiger partial charge >= 0.3 is 11.9 Å². The molecule has 0 amide bonds. The third-order valence-corrected chi connectivity index (χ3v) is 4.71. The van der Waals surface area contributed by atoms with E-state index in [1.165, 1.54) is 64.2 Å². The van der Waals surface area contributed by atoms with Gasteiger partial charge in [-0.05, 0) is 32.1 Å². The Bertz CT molecular complexity index is 390. The first-order valence-electron chi connectivity index (χ1n) is 11.0. The molecule has 0 aromatic rings. The van der Waals surface area contributed by atoms with E-state index < -0.39 is 5.97 Å². The van der Waals surface area contributed by atoms with Gasteiger partial charge in [-0.25, -0.2) is 0 Å². The Kier molecular flexibility index (Phi) is 14.4. The van der Waals surface area contributed by atoms with Crippen molar-refractivity contribution in [3.05, 3.63) is 12.2 Å². The van der Waals surface area contributed by atoms with Gasteiger partial charge in [-0.1, -0.05) is 70.4 Å². The van der Waals surface area contributed by atoms with Crippen molar-refractivity contribution in [3.8, 4) is 0 Å². The lowest BCUT2D eigenvalue weighted by Gasteiger charge is -2.12. The highest BCUT2D eigenvalue weighted by Crippen LogP contribution is 2.30. The number of aliphatic hydroxyl groups is 1. The number of esters is 1. The van der Waals surface area contributed by atoms with Crippen LogP contribution in [0, 0.1) is 0 Å². The fourth-order valence-corrected chi connectivity index (χ4v) is 3.00. The zero-order valence-corrected chi connectivity index (χ0v) is 17.3. The molecule has 1 fully saturated rings. The molecule has 5 heteroatoms. The summed E-state index contributed by atoms with van der Waals surface area (Å²) in [6, 6.07) is 0. The predicted molar refractivity (Wildman–Crippen MR) is 107 cm³/mol. The molecule has 0 radical (unpaired) electrons. The molecular weight excluding hydrogens is 344 g/mol. The number of unbranched alkanes of at least 4 members (excludes halogenated alkanes) is 11. The summed E-state index contributed by atoms with van der Waals surface area (Å²) in [6.45, 7) is 2.51. The summed E-state index contributed by atoms with van der Waals surface area (Å²) in [5.74, 6) is -1.50. The molecule has 1 rings (SSSR count). The molecule has 1 unspecified atom stereocenters. The third kappa shape index (κ3) is 13.8. The SMILES string of the molecule is CCCCCCCC/C=C\CCCCCCCC(=O)OC1(OCCO)CO1. The Hall–Kier alpha value is -0.910. The Morgan fingerprint density at radius 1 is 0.963 bits per heavy atom. The molecule has 0 saturated carbocycles. The maximum atomic E-state index is 11.7. The molecule has 0 bridgehead atoms. The fraction of sp³-hybridized carbons (Fsp3) is 0.864. The van der Waals surface area contributed by atoms with Crippen LogP contribution >= 0.6 is 0 Å². The van der Waals surface area contributed by atoms with E-state index in [0.717, 1.165) is 19.3 Å². The van der Waals surface area contributed by atoms with Gasteiger partial charge in [0.05, 0.1) is 13.2 Å². The monoisotopic (exact) mass is 384 g/mol. The zero-order chi connectivity index (χ0) is 19.6. The van der Waals surface area contributed by atoms with Crippen molar-refractivity contribution < 1.29 is 24.1 Å². The van der Waals surface area contributed by atoms with Crippen LogP contribution in [-0.2, 0) is 19.0 Å². The Labute approximate surface area is 165 Å². The van der Waals surface area contributed by atoms with E-state index in [1.54, 1.807) is 0 Å². The third-order valence-electron chi connectivity index (χ3n) is 4.71. The Balaban J connectivity index is 1.82. The highest BCUT2D eigenvalue weighted by molar-refractivity contribution is 5.69. The number of carbonyl (C=O) groups is 1. The van der Waals surface area contributed by atoms with E-state index in [2.05, 4.69) is 19.1 Å². The lowest BCUT2D eigenvalue weighted by molar-refractivity contribution is -0.227. The second kappa shape index (κ2) is 16.1. The Morgan fingerprint density at radius 2 is 1.52 bits per heavy atom. The summed E-state index contributed by atoms with van der Waals surface area (Å²) in [4.78, 5) is 11.7. The first-order chi connectivity index (χ1) is 13.2. The normalized spacial score (nSPS) is 18.9. The molecule has 158 valence electrons. The topological polar surface area (TPSA) is 68.3 Å². The average molecular weight is 385 g/mol. The van der Waals surface area contributed by atoms with Gasteiger partial charge in [0.2, 0.25) is 0 Å². The first-order valence-corrected chi connectivity index (χ1v) is 11.0. The average Bonchev–Trinajstić information content (AvgIpc) is 3.42. The predicted octanol–water partition coefficient (Wildman–Crippen LogP) is 5.26. The van der Waals surface area contributed by atoms with E-state index in [9.17, 15) is 4.79 Å². The van der Waals surface area contributed by atoms with Gasteiger partial charge in [0.15, 0.2) is 0 Å². The summed E-state index contributed by atoms with van der Waals surface area (Å²) in [5.41, 5.74) is 0. The number of allylic oxidation sites excluding steroid dienone is 2. The quantitative estimate of drug-likeness (QED) is 0.108. The lowest BCUT2D eigenvalue weighted by atomic mass is 10.1. The van der Waals surface area contributed by atoms with Gasteiger partial charge in [0.1, 0.15) is 6.61 Å². The van der Waals surface area contributed by atoms with Crippen molar-refractivity contribution in [2.75, 3.05) is 19.8 Å². The molecule has 1 heterocycles. The van der Waals surface area contributed by atoms with Crippen molar-refractivity contribution in [2.45, 2.75) is 103 Å². The minimum Gasteiger partial charge on any atom is -0.406 e. The van der Waals surface area contributed by atoms with Gasteiger partial charge in [-0.15, -0.1) is 0 Å². The molecule has 0 spiro atoms. The minimum absolute atomic E-state index is 0.112. The summed E-state index contributed by atoms with van der Waals surface area (Å²) in [6.07, 6.45) is 21.1.